The van der Waals surface area contributed by atoms with Crippen molar-refractivity contribution in [2.75, 3.05) is 0 Å². The van der Waals surface area contributed by atoms with Crippen LogP contribution in [0.2, 0.25) is 5.15 Å². The summed E-state index contributed by atoms with van der Waals surface area (Å²) in [5.41, 5.74) is 0.159. The Hall–Kier alpha value is -1.03. The maximum atomic E-state index is 12.9. The second-order valence-corrected chi connectivity index (χ2v) is 7.02. The summed E-state index contributed by atoms with van der Waals surface area (Å²) in [5, 5.41) is 0.261. The first-order chi connectivity index (χ1) is 10.1. The van der Waals surface area contributed by atoms with E-state index in [1.165, 1.54) is 11.0 Å². The Morgan fingerprint density at radius 2 is 1.67 bits per heavy atom. The Kier molecular flexibility index (Phi) is 4.25. The van der Waals surface area contributed by atoms with Gasteiger partial charge in [-0.15, -0.1) is 0 Å². The molecule has 2 atom stereocenters. The van der Waals surface area contributed by atoms with Gasteiger partial charge in [-0.2, -0.15) is 0 Å². The molecule has 2 unspecified atom stereocenters. The van der Waals surface area contributed by atoms with Crippen molar-refractivity contribution in [1.29, 1.82) is 0 Å². The third kappa shape index (κ3) is 2.70. The number of hydrogen-bond acceptors (Lipinski definition) is 2. The van der Waals surface area contributed by atoms with Crippen molar-refractivity contribution in [2.45, 2.75) is 70.3 Å². The average Bonchev–Trinajstić information content (AvgIpc) is 2.94. The standard InChI is InChI=1S/C16H23ClN2O2/c1-10-6-2-5-9-12(10)19-15(20)13(11-7-3-4-8-11)14(17)18-16(19)21/h10-12H,2-9H2,1H3,(H,18,21). The second-order valence-electron chi connectivity index (χ2n) is 6.64. The van der Waals surface area contributed by atoms with Gasteiger partial charge in [0.05, 0.1) is 5.56 Å². The lowest BCUT2D eigenvalue weighted by Crippen LogP contribution is -2.43. The van der Waals surface area contributed by atoms with Crippen LogP contribution in [0, 0.1) is 5.92 Å². The SMILES string of the molecule is CC1CCCCC1n1c(=O)[nH]c(Cl)c(C2CCCC2)c1=O. The predicted octanol–water partition coefficient (Wildman–Crippen LogP) is 3.60. The summed E-state index contributed by atoms with van der Waals surface area (Å²) in [4.78, 5) is 27.9. The summed E-state index contributed by atoms with van der Waals surface area (Å²) in [5.74, 6) is 0.585. The van der Waals surface area contributed by atoms with Gasteiger partial charge in [0.1, 0.15) is 5.15 Å². The second kappa shape index (κ2) is 5.99. The fraction of sp³-hybridized carbons (Fsp3) is 0.750. The Morgan fingerprint density at radius 1 is 1.05 bits per heavy atom. The van der Waals surface area contributed by atoms with Crippen LogP contribution >= 0.6 is 11.6 Å². The molecule has 1 N–H and O–H groups in total. The predicted molar refractivity (Wildman–Crippen MR) is 84.2 cm³/mol. The number of aromatic amines is 1. The fourth-order valence-corrected chi connectivity index (χ4v) is 4.40. The van der Waals surface area contributed by atoms with Crippen LogP contribution in [-0.4, -0.2) is 9.55 Å². The lowest BCUT2D eigenvalue weighted by Gasteiger charge is -2.30. The molecule has 1 aromatic heterocycles. The van der Waals surface area contributed by atoms with Crippen LogP contribution in [0.25, 0.3) is 0 Å². The number of halogens is 1. The molecule has 0 bridgehead atoms. The third-order valence-corrected chi connectivity index (χ3v) is 5.58. The lowest BCUT2D eigenvalue weighted by molar-refractivity contribution is 0.244. The molecule has 1 aromatic rings. The molecule has 21 heavy (non-hydrogen) atoms. The van der Waals surface area contributed by atoms with Gasteiger partial charge in [0, 0.05) is 6.04 Å². The van der Waals surface area contributed by atoms with E-state index < -0.39 is 0 Å². The highest BCUT2D eigenvalue weighted by atomic mass is 35.5. The molecule has 0 radical (unpaired) electrons. The van der Waals surface area contributed by atoms with Crippen molar-refractivity contribution in [1.82, 2.24) is 9.55 Å². The van der Waals surface area contributed by atoms with Gasteiger partial charge < -0.3 is 0 Å². The zero-order valence-electron chi connectivity index (χ0n) is 12.5. The van der Waals surface area contributed by atoms with E-state index in [4.69, 9.17) is 11.6 Å². The molecule has 0 aliphatic heterocycles. The molecule has 116 valence electrons. The molecule has 4 nitrogen and oxygen atoms in total. The Labute approximate surface area is 129 Å². The van der Waals surface area contributed by atoms with E-state index in [-0.39, 0.29) is 28.4 Å². The maximum Gasteiger partial charge on any atom is 0.329 e. The Morgan fingerprint density at radius 3 is 2.33 bits per heavy atom. The van der Waals surface area contributed by atoms with Crippen LogP contribution in [0.5, 0.6) is 0 Å². The Balaban J connectivity index is 2.09. The van der Waals surface area contributed by atoms with E-state index in [2.05, 4.69) is 11.9 Å². The van der Waals surface area contributed by atoms with Crippen molar-refractivity contribution >= 4 is 11.6 Å². The van der Waals surface area contributed by atoms with Crippen LogP contribution in [0.4, 0.5) is 0 Å². The van der Waals surface area contributed by atoms with Gasteiger partial charge in [-0.1, -0.05) is 44.2 Å². The molecule has 1 heterocycles. The van der Waals surface area contributed by atoms with Crippen LogP contribution in [0.3, 0.4) is 0 Å². The summed E-state index contributed by atoms with van der Waals surface area (Å²) in [6.07, 6.45) is 8.55. The van der Waals surface area contributed by atoms with Crippen LogP contribution in [0.15, 0.2) is 9.59 Å². The largest absolute Gasteiger partial charge is 0.329 e. The summed E-state index contributed by atoms with van der Waals surface area (Å²) in [6, 6.07) is 0.0208. The minimum Gasteiger partial charge on any atom is -0.297 e. The summed E-state index contributed by atoms with van der Waals surface area (Å²) >= 11 is 6.19. The van der Waals surface area contributed by atoms with E-state index in [9.17, 15) is 9.59 Å². The monoisotopic (exact) mass is 310 g/mol. The zero-order chi connectivity index (χ0) is 15.0. The van der Waals surface area contributed by atoms with Gasteiger partial charge in [-0.25, -0.2) is 4.79 Å². The number of nitrogens with one attached hydrogen (secondary N) is 1. The molecule has 2 fully saturated rings. The first-order valence-electron chi connectivity index (χ1n) is 8.13. The highest BCUT2D eigenvalue weighted by molar-refractivity contribution is 6.30. The number of H-pyrrole nitrogens is 1. The molecule has 0 aromatic carbocycles. The fourth-order valence-electron chi connectivity index (χ4n) is 4.09. The van der Waals surface area contributed by atoms with E-state index in [1.54, 1.807) is 0 Å². The molecule has 2 aliphatic rings. The summed E-state index contributed by atoms with van der Waals surface area (Å²) < 4.78 is 1.46. The molecule has 0 saturated heterocycles. The van der Waals surface area contributed by atoms with Gasteiger partial charge in [-0.05, 0) is 37.5 Å². The topological polar surface area (TPSA) is 54.9 Å². The number of nitrogens with zero attached hydrogens (tertiary/aromatic N) is 1. The van der Waals surface area contributed by atoms with Gasteiger partial charge in [0.25, 0.3) is 5.56 Å². The number of hydrogen-bond donors (Lipinski definition) is 1. The first-order valence-corrected chi connectivity index (χ1v) is 8.51. The van der Waals surface area contributed by atoms with Crippen molar-refractivity contribution in [3.05, 3.63) is 31.6 Å². The number of rotatable bonds is 2. The third-order valence-electron chi connectivity index (χ3n) is 5.28. The van der Waals surface area contributed by atoms with Gasteiger partial charge >= 0.3 is 5.69 Å². The molecular formula is C16H23ClN2O2. The van der Waals surface area contributed by atoms with Crippen LogP contribution in [0.1, 0.15) is 75.8 Å². The molecule has 3 rings (SSSR count). The first kappa shape index (κ1) is 14.9. The van der Waals surface area contributed by atoms with Crippen molar-refractivity contribution < 1.29 is 0 Å². The highest BCUT2D eigenvalue weighted by Gasteiger charge is 2.30. The molecule has 2 saturated carbocycles. The lowest BCUT2D eigenvalue weighted by atomic mass is 9.85. The van der Waals surface area contributed by atoms with Crippen molar-refractivity contribution in [3.63, 3.8) is 0 Å². The number of aromatic nitrogens is 2. The minimum atomic E-state index is -0.342. The van der Waals surface area contributed by atoms with Gasteiger partial charge in [0.2, 0.25) is 0 Å². The molecule has 5 heteroatoms. The summed E-state index contributed by atoms with van der Waals surface area (Å²) in [6.45, 7) is 2.14. The average molecular weight is 311 g/mol. The Bertz CT molecular complexity index is 628. The summed E-state index contributed by atoms with van der Waals surface area (Å²) in [7, 11) is 0. The minimum absolute atomic E-state index is 0.0208. The van der Waals surface area contributed by atoms with Crippen molar-refractivity contribution in [2.24, 2.45) is 5.92 Å². The van der Waals surface area contributed by atoms with E-state index in [0.717, 1.165) is 44.9 Å². The van der Waals surface area contributed by atoms with Crippen LogP contribution < -0.4 is 11.2 Å². The normalized spacial score (nSPS) is 27.1. The highest BCUT2D eigenvalue weighted by Crippen LogP contribution is 2.36. The van der Waals surface area contributed by atoms with E-state index in [1.807, 2.05) is 0 Å². The molecule has 2 aliphatic carbocycles. The van der Waals surface area contributed by atoms with Gasteiger partial charge in [0.15, 0.2) is 0 Å². The van der Waals surface area contributed by atoms with Crippen LogP contribution in [-0.2, 0) is 0 Å². The maximum absolute atomic E-state index is 12.9. The smallest absolute Gasteiger partial charge is 0.297 e. The molecule has 0 amide bonds. The van der Waals surface area contributed by atoms with Gasteiger partial charge in [-0.3, -0.25) is 14.3 Å². The molecule has 0 spiro atoms. The molecular weight excluding hydrogens is 288 g/mol. The van der Waals surface area contributed by atoms with E-state index in [0.29, 0.717) is 11.5 Å². The van der Waals surface area contributed by atoms with E-state index >= 15 is 0 Å². The van der Waals surface area contributed by atoms with Crippen molar-refractivity contribution in [3.8, 4) is 0 Å². The quantitative estimate of drug-likeness (QED) is 0.849. The zero-order valence-corrected chi connectivity index (χ0v) is 13.3.